The second-order valence-electron chi connectivity index (χ2n) is 5.00. The Morgan fingerprint density at radius 1 is 0.481 bits per heavy atom. The first-order chi connectivity index (χ1) is 13.3. The Morgan fingerprint density at radius 3 is 1.15 bits per heavy atom. The molecule has 0 radical (unpaired) electrons. The smallest absolute Gasteiger partial charge is 0.128 e. The molecule has 10 nitrogen and oxygen atoms in total. The van der Waals surface area contributed by atoms with Gasteiger partial charge < -0.3 is 48.8 Å². The Balaban J connectivity index is 3.64. The van der Waals surface area contributed by atoms with Gasteiger partial charge in [0.2, 0.25) is 0 Å². The van der Waals surface area contributed by atoms with Crippen molar-refractivity contribution in [1.82, 2.24) is 0 Å². The normalized spacial score (nSPS) is 13.8. The first kappa shape index (κ1) is 27.0. The molecule has 0 spiro atoms. The molecule has 27 heavy (non-hydrogen) atoms. The van der Waals surface area contributed by atoms with E-state index in [4.69, 9.17) is 38.6 Å². The van der Waals surface area contributed by atoms with Crippen molar-refractivity contribution in [2.45, 2.75) is 10.9 Å². The average molecular weight is 419 g/mol. The third kappa shape index (κ3) is 19.1. The second kappa shape index (κ2) is 22.2. The first-order valence-corrected chi connectivity index (χ1v) is 9.85. The van der Waals surface area contributed by atoms with Gasteiger partial charge in [-0.1, -0.05) is 11.8 Å². The molecule has 0 amide bonds. The van der Waals surface area contributed by atoms with Crippen molar-refractivity contribution >= 4 is 11.8 Å². The lowest BCUT2D eigenvalue weighted by Gasteiger charge is -2.21. The molecule has 0 aliphatic carbocycles. The van der Waals surface area contributed by atoms with Crippen molar-refractivity contribution in [3.63, 3.8) is 0 Å². The Kier molecular flexibility index (Phi) is 22.2. The molecule has 4 N–H and O–H groups in total. The summed E-state index contributed by atoms with van der Waals surface area (Å²) in [6, 6.07) is 0. The lowest BCUT2D eigenvalue weighted by molar-refractivity contribution is -0.0126. The fourth-order valence-corrected chi connectivity index (χ4v) is 2.55. The fourth-order valence-electron chi connectivity index (χ4n) is 1.69. The fraction of sp³-hybridized carbons (Fsp3) is 1.00. The molecule has 0 aromatic carbocycles. The zero-order valence-corrected chi connectivity index (χ0v) is 16.5. The van der Waals surface area contributed by atoms with Crippen LogP contribution in [-0.2, 0) is 28.4 Å². The van der Waals surface area contributed by atoms with Crippen LogP contribution >= 0.6 is 11.8 Å². The summed E-state index contributed by atoms with van der Waals surface area (Å²) < 4.78 is 31.6. The maximum absolute atomic E-state index is 9.36. The molecular formula is C16H34O10S. The Morgan fingerprint density at radius 2 is 0.815 bits per heavy atom. The molecule has 0 rings (SSSR count). The van der Waals surface area contributed by atoms with Crippen LogP contribution in [0.5, 0.6) is 0 Å². The number of ether oxygens (including phenoxy) is 6. The van der Waals surface area contributed by atoms with Gasteiger partial charge in [0.1, 0.15) is 10.9 Å². The minimum atomic E-state index is -0.538. The average Bonchev–Trinajstić information content (AvgIpc) is 2.69. The number of hydrogen-bond acceptors (Lipinski definition) is 11. The summed E-state index contributed by atoms with van der Waals surface area (Å²) in [5.74, 6) is 0. The van der Waals surface area contributed by atoms with E-state index in [1.165, 1.54) is 11.8 Å². The van der Waals surface area contributed by atoms with E-state index in [9.17, 15) is 10.2 Å². The van der Waals surface area contributed by atoms with Crippen molar-refractivity contribution in [3.8, 4) is 0 Å². The van der Waals surface area contributed by atoms with Gasteiger partial charge in [0.05, 0.1) is 92.5 Å². The number of rotatable bonds is 22. The molecule has 2 atom stereocenters. The second-order valence-corrected chi connectivity index (χ2v) is 6.32. The topological polar surface area (TPSA) is 136 Å². The summed E-state index contributed by atoms with van der Waals surface area (Å²) in [5, 5.41) is 35.8. The summed E-state index contributed by atoms with van der Waals surface area (Å²) in [7, 11) is 0. The molecule has 164 valence electrons. The highest BCUT2D eigenvalue weighted by Crippen LogP contribution is 2.19. The standard InChI is InChI=1S/C16H34O10S/c17-1-3-21-5-7-23-9-11-25-15(13-19)27-16(14-20)26-12-10-24-8-6-22-4-2-18/h15-20H,1-14H2. The molecule has 2 unspecified atom stereocenters. The molecular weight excluding hydrogens is 384 g/mol. The minimum absolute atomic E-state index is 0.0161. The largest absolute Gasteiger partial charge is 0.394 e. The van der Waals surface area contributed by atoms with Gasteiger partial charge in [-0.3, -0.25) is 0 Å². The molecule has 0 aromatic heterocycles. The van der Waals surface area contributed by atoms with Crippen LogP contribution in [0.15, 0.2) is 0 Å². The first-order valence-electron chi connectivity index (χ1n) is 8.91. The van der Waals surface area contributed by atoms with Gasteiger partial charge in [-0.2, -0.15) is 0 Å². The molecule has 0 aliphatic heterocycles. The Hall–Kier alpha value is -0.0500. The summed E-state index contributed by atoms with van der Waals surface area (Å²) in [6.07, 6.45) is 0. The van der Waals surface area contributed by atoms with Crippen LogP contribution in [0.25, 0.3) is 0 Å². The van der Waals surface area contributed by atoms with Gasteiger partial charge in [0, 0.05) is 0 Å². The molecule has 11 heteroatoms. The summed E-state index contributed by atoms with van der Waals surface area (Å²) in [4.78, 5) is 0. The Bertz CT molecular complexity index is 262. The van der Waals surface area contributed by atoms with Gasteiger partial charge in [0.15, 0.2) is 0 Å². The quantitative estimate of drug-likeness (QED) is 0.120. The highest BCUT2D eigenvalue weighted by molar-refractivity contribution is 8.00. The summed E-state index contributed by atoms with van der Waals surface area (Å²) >= 11 is 1.18. The highest BCUT2D eigenvalue weighted by atomic mass is 32.2. The molecule has 0 saturated heterocycles. The zero-order chi connectivity index (χ0) is 20.0. The SMILES string of the molecule is OCCOCCOCCOC(CO)SC(CO)OCCOCCOCCO. The maximum Gasteiger partial charge on any atom is 0.128 e. The molecule has 0 heterocycles. The van der Waals surface area contributed by atoms with E-state index in [2.05, 4.69) is 0 Å². The Labute approximate surface area is 164 Å². The van der Waals surface area contributed by atoms with E-state index < -0.39 is 10.9 Å². The van der Waals surface area contributed by atoms with Crippen molar-refractivity contribution in [2.75, 3.05) is 92.5 Å². The lowest BCUT2D eigenvalue weighted by Crippen LogP contribution is -2.25. The van der Waals surface area contributed by atoms with Gasteiger partial charge in [-0.25, -0.2) is 0 Å². The number of aliphatic hydroxyl groups excluding tert-OH is 4. The van der Waals surface area contributed by atoms with Gasteiger partial charge in [0.25, 0.3) is 0 Å². The van der Waals surface area contributed by atoms with Crippen LogP contribution < -0.4 is 0 Å². The van der Waals surface area contributed by atoms with Crippen LogP contribution in [0, 0.1) is 0 Å². The van der Waals surface area contributed by atoms with Crippen LogP contribution in [0.2, 0.25) is 0 Å². The number of thioether (sulfide) groups is 1. The predicted octanol–water partition coefficient (Wildman–Crippen LogP) is -1.56. The van der Waals surface area contributed by atoms with Crippen molar-refractivity contribution < 1.29 is 48.8 Å². The van der Waals surface area contributed by atoms with Crippen LogP contribution in [0.3, 0.4) is 0 Å². The van der Waals surface area contributed by atoms with Crippen LogP contribution in [-0.4, -0.2) is 124 Å². The summed E-state index contributed by atoms with van der Waals surface area (Å²) in [6.45, 7) is 2.95. The van der Waals surface area contributed by atoms with E-state index in [1.807, 2.05) is 0 Å². The third-order valence-electron chi connectivity index (χ3n) is 2.88. The van der Waals surface area contributed by atoms with Crippen molar-refractivity contribution in [3.05, 3.63) is 0 Å². The molecule has 0 saturated carbocycles. The van der Waals surface area contributed by atoms with E-state index in [0.717, 1.165) is 0 Å². The van der Waals surface area contributed by atoms with E-state index in [0.29, 0.717) is 39.6 Å². The van der Waals surface area contributed by atoms with Crippen LogP contribution in [0.1, 0.15) is 0 Å². The van der Waals surface area contributed by atoms with Crippen LogP contribution in [0.4, 0.5) is 0 Å². The number of aliphatic hydroxyl groups is 4. The molecule has 0 bridgehead atoms. The van der Waals surface area contributed by atoms with E-state index in [-0.39, 0.29) is 52.9 Å². The zero-order valence-electron chi connectivity index (χ0n) is 15.7. The highest BCUT2D eigenvalue weighted by Gasteiger charge is 2.17. The monoisotopic (exact) mass is 418 g/mol. The van der Waals surface area contributed by atoms with Gasteiger partial charge in [-0.15, -0.1) is 0 Å². The predicted molar refractivity (Wildman–Crippen MR) is 98.7 cm³/mol. The van der Waals surface area contributed by atoms with E-state index in [1.54, 1.807) is 0 Å². The molecule has 0 aliphatic rings. The van der Waals surface area contributed by atoms with Gasteiger partial charge in [-0.05, 0) is 0 Å². The maximum atomic E-state index is 9.36. The molecule has 0 fully saturated rings. The van der Waals surface area contributed by atoms with Gasteiger partial charge >= 0.3 is 0 Å². The van der Waals surface area contributed by atoms with Crippen molar-refractivity contribution in [1.29, 1.82) is 0 Å². The van der Waals surface area contributed by atoms with E-state index >= 15 is 0 Å². The summed E-state index contributed by atoms with van der Waals surface area (Å²) in [5.41, 5.74) is -1.08. The lowest BCUT2D eigenvalue weighted by atomic mass is 10.7. The molecule has 0 aromatic rings. The minimum Gasteiger partial charge on any atom is -0.394 e. The third-order valence-corrected chi connectivity index (χ3v) is 4.06. The van der Waals surface area contributed by atoms with Crippen molar-refractivity contribution in [2.24, 2.45) is 0 Å². The number of hydrogen-bond donors (Lipinski definition) is 4.